The standard InChI is InChI=1S/C11H20N2O3/c1-15-9-2-5-16-11(6-9)3-4-13(8-11)10(14)7-12/h9H,2-8,12H2,1H3/t9-,11-/m1/s1. The normalized spacial score (nSPS) is 34.6. The lowest BCUT2D eigenvalue weighted by molar-refractivity contribution is -0.136. The monoisotopic (exact) mass is 228 g/mol. The van der Waals surface area contributed by atoms with Crippen LogP contribution in [0, 0.1) is 0 Å². The van der Waals surface area contributed by atoms with Crippen LogP contribution in [0.3, 0.4) is 0 Å². The Kier molecular flexibility index (Phi) is 3.47. The van der Waals surface area contributed by atoms with E-state index in [4.69, 9.17) is 15.2 Å². The highest BCUT2D eigenvalue weighted by atomic mass is 16.5. The van der Waals surface area contributed by atoms with Crippen molar-refractivity contribution in [2.75, 3.05) is 33.4 Å². The number of methoxy groups -OCH3 is 1. The van der Waals surface area contributed by atoms with Crippen LogP contribution in [0.15, 0.2) is 0 Å². The fraction of sp³-hybridized carbons (Fsp3) is 0.909. The molecule has 0 radical (unpaired) electrons. The zero-order valence-corrected chi connectivity index (χ0v) is 9.78. The molecular weight excluding hydrogens is 208 g/mol. The predicted molar refractivity (Wildman–Crippen MR) is 59.0 cm³/mol. The summed E-state index contributed by atoms with van der Waals surface area (Å²) in [6.45, 7) is 2.24. The van der Waals surface area contributed by atoms with E-state index in [1.165, 1.54) is 0 Å². The van der Waals surface area contributed by atoms with Crippen LogP contribution >= 0.6 is 0 Å². The van der Waals surface area contributed by atoms with Crippen molar-refractivity contribution >= 4 is 5.91 Å². The van der Waals surface area contributed by atoms with Crippen molar-refractivity contribution < 1.29 is 14.3 Å². The maximum atomic E-state index is 11.5. The molecule has 0 aromatic heterocycles. The van der Waals surface area contributed by atoms with Gasteiger partial charge in [-0.15, -0.1) is 0 Å². The van der Waals surface area contributed by atoms with Crippen molar-refractivity contribution in [3.63, 3.8) is 0 Å². The second-order valence-electron chi connectivity index (χ2n) is 4.65. The molecule has 5 heteroatoms. The van der Waals surface area contributed by atoms with E-state index in [0.717, 1.165) is 32.4 Å². The van der Waals surface area contributed by atoms with E-state index in [1.54, 1.807) is 12.0 Å². The minimum absolute atomic E-state index is 0.0139. The van der Waals surface area contributed by atoms with Gasteiger partial charge < -0.3 is 20.1 Å². The molecule has 92 valence electrons. The summed E-state index contributed by atoms with van der Waals surface area (Å²) in [5.41, 5.74) is 5.19. The smallest absolute Gasteiger partial charge is 0.236 e. The predicted octanol–water partition coefficient (Wildman–Crippen LogP) is -0.258. The SMILES string of the molecule is CO[C@@H]1CCO[C@]2(CCN(C(=O)CN)C2)C1. The quantitative estimate of drug-likeness (QED) is 0.707. The molecule has 1 amide bonds. The molecule has 0 bridgehead atoms. The number of likely N-dealkylation sites (tertiary alicyclic amines) is 1. The second kappa shape index (κ2) is 4.69. The van der Waals surface area contributed by atoms with Gasteiger partial charge in [-0.25, -0.2) is 0 Å². The average molecular weight is 228 g/mol. The summed E-state index contributed by atoms with van der Waals surface area (Å²) in [7, 11) is 1.74. The number of nitrogens with two attached hydrogens (primary N) is 1. The largest absolute Gasteiger partial charge is 0.381 e. The van der Waals surface area contributed by atoms with Gasteiger partial charge in [0, 0.05) is 33.2 Å². The van der Waals surface area contributed by atoms with Crippen LogP contribution in [0.5, 0.6) is 0 Å². The van der Waals surface area contributed by atoms with E-state index < -0.39 is 0 Å². The number of amides is 1. The third kappa shape index (κ3) is 2.21. The summed E-state index contributed by atoms with van der Waals surface area (Å²) in [5.74, 6) is 0.0139. The molecule has 2 aliphatic heterocycles. The summed E-state index contributed by atoms with van der Waals surface area (Å²) in [6, 6.07) is 0. The van der Waals surface area contributed by atoms with Gasteiger partial charge in [0.05, 0.1) is 18.2 Å². The van der Waals surface area contributed by atoms with Gasteiger partial charge in [-0.2, -0.15) is 0 Å². The van der Waals surface area contributed by atoms with Gasteiger partial charge in [-0.1, -0.05) is 0 Å². The molecule has 0 aliphatic carbocycles. The number of carbonyl (C=O) groups is 1. The molecule has 0 unspecified atom stereocenters. The summed E-state index contributed by atoms with van der Waals surface area (Å²) >= 11 is 0. The van der Waals surface area contributed by atoms with Gasteiger partial charge in [0.2, 0.25) is 5.91 Å². The van der Waals surface area contributed by atoms with Crippen LogP contribution in [0.25, 0.3) is 0 Å². The molecule has 2 heterocycles. The fourth-order valence-corrected chi connectivity index (χ4v) is 2.66. The molecule has 2 fully saturated rings. The lowest BCUT2D eigenvalue weighted by Gasteiger charge is -2.37. The van der Waals surface area contributed by atoms with Gasteiger partial charge in [-0.05, 0) is 12.8 Å². The Morgan fingerprint density at radius 3 is 3.19 bits per heavy atom. The minimum atomic E-state index is -0.177. The number of hydrogen-bond acceptors (Lipinski definition) is 4. The molecule has 16 heavy (non-hydrogen) atoms. The lowest BCUT2D eigenvalue weighted by Crippen LogP contribution is -2.46. The van der Waals surface area contributed by atoms with Crippen molar-refractivity contribution in [1.82, 2.24) is 4.90 Å². The molecule has 0 aromatic carbocycles. The Morgan fingerprint density at radius 2 is 2.50 bits per heavy atom. The highest BCUT2D eigenvalue weighted by Gasteiger charge is 2.44. The molecule has 1 spiro atoms. The number of hydrogen-bond donors (Lipinski definition) is 1. The molecule has 0 saturated carbocycles. The van der Waals surface area contributed by atoms with Crippen LogP contribution in [0.4, 0.5) is 0 Å². The number of carbonyl (C=O) groups excluding carboxylic acids is 1. The van der Waals surface area contributed by atoms with Gasteiger partial charge in [-0.3, -0.25) is 4.79 Å². The van der Waals surface area contributed by atoms with E-state index >= 15 is 0 Å². The molecular formula is C11H20N2O3. The number of rotatable bonds is 2. The average Bonchev–Trinajstić information content (AvgIpc) is 2.72. The summed E-state index contributed by atoms with van der Waals surface area (Å²) in [4.78, 5) is 13.3. The van der Waals surface area contributed by atoms with E-state index in [2.05, 4.69) is 0 Å². The first kappa shape index (κ1) is 11.8. The summed E-state index contributed by atoms with van der Waals surface area (Å²) < 4.78 is 11.3. The van der Waals surface area contributed by atoms with Gasteiger partial charge in [0.25, 0.3) is 0 Å². The van der Waals surface area contributed by atoms with Crippen molar-refractivity contribution in [2.45, 2.75) is 31.0 Å². The maximum absolute atomic E-state index is 11.5. The zero-order valence-electron chi connectivity index (χ0n) is 9.78. The maximum Gasteiger partial charge on any atom is 0.236 e. The Balaban J connectivity index is 1.97. The number of ether oxygens (including phenoxy) is 2. The summed E-state index contributed by atoms with van der Waals surface area (Å²) in [5, 5.41) is 0. The molecule has 2 atom stereocenters. The van der Waals surface area contributed by atoms with Crippen LogP contribution in [-0.4, -0.2) is 55.9 Å². The van der Waals surface area contributed by atoms with Gasteiger partial charge in [0.15, 0.2) is 0 Å². The molecule has 2 saturated heterocycles. The van der Waals surface area contributed by atoms with Gasteiger partial charge >= 0.3 is 0 Å². The lowest BCUT2D eigenvalue weighted by atomic mass is 9.91. The Morgan fingerprint density at radius 1 is 1.69 bits per heavy atom. The third-order valence-electron chi connectivity index (χ3n) is 3.62. The van der Waals surface area contributed by atoms with Crippen LogP contribution in [0.1, 0.15) is 19.3 Å². The molecule has 2 rings (SSSR count). The first-order valence-corrected chi connectivity index (χ1v) is 5.84. The Bertz CT molecular complexity index is 272. The van der Waals surface area contributed by atoms with Crippen LogP contribution in [0.2, 0.25) is 0 Å². The first-order chi connectivity index (χ1) is 7.69. The summed E-state index contributed by atoms with van der Waals surface area (Å²) in [6.07, 6.45) is 3.00. The fourth-order valence-electron chi connectivity index (χ4n) is 2.66. The van der Waals surface area contributed by atoms with Crippen molar-refractivity contribution in [3.05, 3.63) is 0 Å². The highest BCUT2D eigenvalue weighted by molar-refractivity contribution is 5.78. The molecule has 5 nitrogen and oxygen atoms in total. The highest BCUT2D eigenvalue weighted by Crippen LogP contribution is 2.34. The van der Waals surface area contributed by atoms with E-state index in [-0.39, 0.29) is 24.2 Å². The Hall–Kier alpha value is -0.650. The van der Waals surface area contributed by atoms with E-state index in [0.29, 0.717) is 6.54 Å². The van der Waals surface area contributed by atoms with E-state index in [9.17, 15) is 4.79 Å². The second-order valence-corrected chi connectivity index (χ2v) is 4.65. The Labute approximate surface area is 95.9 Å². The minimum Gasteiger partial charge on any atom is -0.381 e. The first-order valence-electron chi connectivity index (χ1n) is 5.84. The molecule has 0 aromatic rings. The topological polar surface area (TPSA) is 64.8 Å². The van der Waals surface area contributed by atoms with Gasteiger partial charge in [0.1, 0.15) is 0 Å². The van der Waals surface area contributed by atoms with Crippen molar-refractivity contribution in [2.24, 2.45) is 5.73 Å². The molecule has 2 aliphatic rings. The van der Waals surface area contributed by atoms with Crippen LogP contribution < -0.4 is 5.73 Å². The molecule has 2 N–H and O–H groups in total. The van der Waals surface area contributed by atoms with Crippen LogP contribution in [-0.2, 0) is 14.3 Å². The van der Waals surface area contributed by atoms with E-state index in [1.807, 2.05) is 0 Å². The van der Waals surface area contributed by atoms with Crippen molar-refractivity contribution in [1.29, 1.82) is 0 Å². The third-order valence-corrected chi connectivity index (χ3v) is 3.62. The number of nitrogens with zero attached hydrogens (tertiary/aromatic N) is 1. The van der Waals surface area contributed by atoms with Crippen molar-refractivity contribution in [3.8, 4) is 0 Å². The zero-order chi connectivity index (χ0) is 11.6.